The number of hydrogen-bond donors (Lipinski definition) is 7. The number of hydrogen-bond acceptors (Lipinski definition) is 11. The van der Waals surface area contributed by atoms with Gasteiger partial charge >= 0.3 is 0 Å². The SMILES string of the molecule is CCCCCCCCCCCCCCCC(=O)N[C@@H](CC(C)C)C(=O)C[C@@H](Cc1ccc(O)cc1)C(=O)N[C@@H](CC(C)C)C(=O)C[C@@H](Cc1cnc[nH]1)C(=O)N[C@@H](CO)C(=O)C[C@@H](CC(C)C)C(=O)N[C@H](C(=O)CC)[C@@H](C)CC. The average molecular weight is 1110 g/mol. The highest BCUT2D eigenvalue weighted by molar-refractivity contribution is 5.97. The number of unbranched alkanes of at least 4 members (excludes halogenated alkanes) is 12. The molecule has 0 saturated carbocycles. The van der Waals surface area contributed by atoms with Gasteiger partial charge in [0.2, 0.25) is 23.6 Å². The maximum Gasteiger partial charge on any atom is 0.224 e. The number of aromatic hydroxyl groups is 1. The summed E-state index contributed by atoms with van der Waals surface area (Å²) in [5.41, 5.74) is 1.20. The van der Waals surface area contributed by atoms with Gasteiger partial charge in [-0.15, -0.1) is 0 Å². The molecule has 79 heavy (non-hydrogen) atoms. The maximum atomic E-state index is 14.6. The highest BCUT2D eigenvalue weighted by Gasteiger charge is 2.36. The summed E-state index contributed by atoms with van der Waals surface area (Å²) in [6.07, 6.45) is 19.6. The fourth-order valence-electron chi connectivity index (χ4n) is 10.2. The lowest BCUT2D eigenvalue weighted by molar-refractivity contribution is -0.136. The zero-order valence-corrected chi connectivity index (χ0v) is 50.1. The summed E-state index contributed by atoms with van der Waals surface area (Å²) in [6, 6.07) is 2.28. The minimum atomic E-state index is -1.41. The Morgan fingerprint density at radius 1 is 0.532 bits per heavy atom. The molecular weight excluding hydrogens is 1000 g/mol. The number of aliphatic hydroxyl groups excluding tert-OH is 1. The summed E-state index contributed by atoms with van der Waals surface area (Å²) in [5, 5.41) is 32.1. The lowest BCUT2D eigenvalue weighted by atomic mass is 9.87. The van der Waals surface area contributed by atoms with E-state index < -0.39 is 77.8 Å². The van der Waals surface area contributed by atoms with Crippen LogP contribution in [0.3, 0.4) is 0 Å². The summed E-state index contributed by atoms with van der Waals surface area (Å²) in [7, 11) is 0. The monoisotopic (exact) mass is 1100 g/mol. The molecule has 4 amide bonds. The molecule has 0 radical (unpaired) electrons. The molecule has 0 aliphatic carbocycles. The number of nitrogens with zero attached hydrogens (tertiary/aromatic N) is 1. The molecule has 7 N–H and O–H groups in total. The number of imidazole rings is 1. The number of phenols is 1. The first-order valence-electron chi connectivity index (χ1n) is 30.3. The number of amides is 4. The number of carbonyl (C=O) groups excluding carboxylic acids is 8. The fraction of sp³-hybridized carbons (Fsp3) is 0.730. The quantitative estimate of drug-likeness (QED) is 0.0307. The zero-order chi connectivity index (χ0) is 58.9. The molecule has 446 valence electrons. The predicted octanol–water partition coefficient (Wildman–Crippen LogP) is 10.2. The van der Waals surface area contributed by atoms with Gasteiger partial charge in [-0.2, -0.15) is 0 Å². The summed E-state index contributed by atoms with van der Waals surface area (Å²) >= 11 is 0. The van der Waals surface area contributed by atoms with Gasteiger partial charge < -0.3 is 36.5 Å². The van der Waals surface area contributed by atoms with Crippen LogP contribution in [0.2, 0.25) is 0 Å². The minimum Gasteiger partial charge on any atom is -0.508 e. The molecule has 0 fully saturated rings. The van der Waals surface area contributed by atoms with Crippen molar-refractivity contribution >= 4 is 46.8 Å². The van der Waals surface area contributed by atoms with E-state index in [-0.39, 0.29) is 91.8 Å². The topological polar surface area (TPSA) is 254 Å². The Bertz CT molecular complexity index is 2110. The zero-order valence-electron chi connectivity index (χ0n) is 50.1. The van der Waals surface area contributed by atoms with Crippen LogP contribution in [0, 0.1) is 41.4 Å². The van der Waals surface area contributed by atoms with Crippen LogP contribution in [-0.4, -0.2) is 97.7 Å². The van der Waals surface area contributed by atoms with Crippen molar-refractivity contribution in [3.8, 4) is 5.75 Å². The number of Topliss-reactive ketones (excluding diaryl/α,β-unsaturated/α-hetero) is 4. The van der Waals surface area contributed by atoms with E-state index in [0.29, 0.717) is 36.9 Å². The van der Waals surface area contributed by atoms with Crippen LogP contribution in [-0.2, 0) is 51.2 Å². The number of carbonyl (C=O) groups is 8. The molecule has 2 aromatic rings. The summed E-state index contributed by atoms with van der Waals surface area (Å²) < 4.78 is 0. The highest BCUT2D eigenvalue weighted by Crippen LogP contribution is 2.24. The molecule has 1 heterocycles. The Hall–Kier alpha value is -5.25. The second-order valence-corrected chi connectivity index (χ2v) is 23.8. The number of phenolic OH excluding ortho intramolecular Hbond substituents is 1. The number of aromatic nitrogens is 2. The highest BCUT2D eigenvalue weighted by atomic mass is 16.3. The van der Waals surface area contributed by atoms with E-state index in [0.717, 1.165) is 25.7 Å². The van der Waals surface area contributed by atoms with Crippen molar-refractivity contribution in [1.82, 2.24) is 31.2 Å². The Morgan fingerprint density at radius 2 is 0.987 bits per heavy atom. The summed E-state index contributed by atoms with van der Waals surface area (Å²) in [5.74, 6) is -6.45. The number of H-pyrrole nitrogens is 1. The van der Waals surface area contributed by atoms with Crippen LogP contribution < -0.4 is 21.3 Å². The van der Waals surface area contributed by atoms with E-state index >= 15 is 0 Å². The van der Waals surface area contributed by atoms with E-state index in [2.05, 4.69) is 38.2 Å². The van der Waals surface area contributed by atoms with Gasteiger partial charge in [0.1, 0.15) is 11.8 Å². The standard InChI is InChI=1S/C63H104N6O10/c1-11-14-15-16-17-18-19-20-21-22-23-24-25-26-59(76)66-52(32-43(6)7)56(73)37-48(34-46-27-29-51(71)30-28-46)61(77)67-53(33-44(8)9)57(74)38-49(35-50-39-64-41-65-50)62(78)68-54(40-70)58(75)36-47(31-42(4)5)63(79)69-60(45(10)12-2)55(72)13-3/h27-30,39,41-45,47-49,52-54,60,70-71H,11-26,31-38,40H2,1-10H3,(H,64,65)(H,66,76)(H,67,77)(H,68,78)(H,69,79)/t45-,47+,48+,49+,52-,53-,54-,60-/m0/s1. The minimum absolute atomic E-state index is 0.000285. The van der Waals surface area contributed by atoms with E-state index in [4.69, 9.17) is 0 Å². The number of aliphatic hydroxyl groups is 1. The Balaban J connectivity index is 2.29. The molecule has 16 heteroatoms. The first-order chi connectivity index (χ1) is 37.6. The first-order valence-corrected chi connectivity index (χ1v) is 30.3. The number of benzene rings is 1. The second-order valence-electron chi connectivity index (χ2n) is 23.8. The molecule has 0 unspecified atom stereocenters. The van der Waals surface area contributed by atoms with Gasteiger partial charge in [-0.3, -0.25) is 38.4 Å². The van der Waals surface area contributed by atoms with Crippen molar-refractivity contribution in [3.63, 3.8) is 0 Å². The molecule has 1 aromatic carbocycles. The van der Waals surface area contributed by atoms with Crippen molar-refractivity contribution in [2.45, 2.75) is 248 Å². The van der Waals surface area contributed by atoms with E-state index in [9.17, 15) is 48.6 Å². The van der Waals surface area contributed by atoms with Gasteiger partial charge in [0.15, 0.2) is 23.1 Å². The van der Waals surface area contributed by atoms with E-state index in [1.54, 1.807) is 19.1 Å². The van der Waals surface area contributed by atoms with Crippen molar-refractivity contribution in [1.29, 1.82) is 0 Å². The van der Waals surface area contributed by atoms with Gasteiger partial charge in [-0.1, -0.05) is 165 Å². The molecular formula is C63H104N6O10. The third kappa shape index (κ3) is 28.6. The van der Waals surface area contributed by atoms with Gasteiger partial charge in [-0.05, 0) is 73.5 Å². The number of aromatic amines is 1. The third-order valence-electron chi connectivity index (χ3n) is 15.1. The number of ketones is 4. The molecule has 0 bridgehead atoms. The van der Waals surface area contributed by atoms with E-state index in [1.807, 2.05) is 55.4 Å². The summed E-state index contributed by atoms with van der Waals surface area (Å²) in [4.78, 5) is 119. The Labute approximate surface area is 474 Å². The Morgan fingerprint density at radius 3 is 1.46 bits per heavy atom. The number of rotatable bonds is 45. The van der Waals surface area contributed by atoms with Gasteiger partial charge in [0.05, 0.1) is 37.0 Å². The molecule has 0 saturated heterocycles. The fourth-order valence-corrected chi connectivity index (χ4v) is 10.2. The van der Waals surface area contributed by atoms with Crippen molar-refractivity contribution < 1.29 is 48.6 Å². The Kier molecular flexibility index (Phi) is 34.7. The van der Waals surface area contributed by atoms with Crippen molar-refractivity contribution in [2.75, 3.05) is 6.61 Å². The molecule has 1 aromatic heterocycles. The largest absolute Gasteiger partial charge is 0.508 e. The summed E-state index contributed by atoms with van der Waals surface area (Å²) in [6.45, 7) is 18.6. The molecule has 2 rings (SSSR count). The van der Waals surface area contributed by atoms with Crippen LogP contribution in [0.5, 0.6) is 5.75 Å². The maximum absolute atomic E-state index is 14.6. The van der Waals surface area contributed by atoms with E-state index in [1.165, 1.54) is 82.4 Å². The van der Waals surface area contributed by atoms with Crippen molar-refractivity contribution in [2.24, 2.45) is 41.4 Å². The van der Waals surface area contributed by atoms with Crippen molar-refractivity contribution in [3.05, 3.63) is 48.0 Å². The van der Waals surface area contributed by atoms with Gasteiger partial charge in [0, 0.05) is 62.3 Å². The third-order valence-corrected chi connectivity index (χ3v) is 15.1. The lowest BCUT2D eigenvalue weighted by Gasteiger charge is -2.27. The van der Waals surface area contributed by atoms with Crippen LogP contribution in [0.4, 0.5) is 0 Å². The van der Waals surface area contributed by atoms with Crippen LogP contribution in [0.25, 0.3) is 0 Å². The first kappa shape index (κ1) is 69.9. The predicted molar refractivity (Wildman–Crippen MR) is 312 cm³/mol. The smallest absolute Gasteiger partial charge is 0.224 e. The molecule has 0 spiro atoms. The molecule has 8 atom stereocenters. The van der Waals surface area contributed by atoms with Crippen LogP contribution in [0.15, 0.2) is 36.8 Å². The number of nitrogens with one attached hydrogen (secondary N) is 5. The van der Waals surface area contributed by atoms with Gasteiger partial charge in [-0.25, -0.2) is 4.98 Å². The molecule has 0 aliphatic heterocycles. The van der Waals surface area contributed by atoms with Gasteiger partial charge in [0.25, 0.3) is 0 Å². The second kappa shape index (κ2) is 39.2. The van der Waals surface area contributed by atoms with Crippen LogP contribution in [0.1, 0.15) is 222 Å². The lowest BCUT2D eigenvalue weighted by Crippen LogP contribution is -2.50. The van der Waals surface area contributed by atoms with Crippen LogP contribution >= 0.6 is 0 Å². The normalized spacial score (nSPS) is 14.7. The molecule has 0 aliphatic rings. The molecule has 16 nitrogen and oxygen atoms in total. The average Bonchev–Trinajstić information content (AvgIpc) is 3.92.